The second-order valence-corrected chi connectivity index (χ2v) is 5.87. The zero-order valence-electron chi connectivity index (χ0n) is 9.14. The van der Waals surface area contributed by atoms with Gasteiger partial charge in [0.05, 0.1) is 4.90 Å². The first-order chi connectivity index (χ1) is 7.51. The van der Waals surface area contributed by atoms with Gasteiger partial charge in [-0.05, 0) is 35.0 Å². The lowest BCUT2D eigenvalue weighted by Gasteiger charge is -2.11. The highest BCUT2D eigenvalue weighted by atomic mass is 32.2. The predicted octanol–water partition coefficient (Wildman–Crippen LogP) is 1.89. The predicted molar refractivity (Wildman–Crippen MR) is 63.7 cm³/mol. The van der Waals surface area contributed by atoms with E-state index in [4.69, 9.17) is 0 Å². The van der Waals surface area contributed by atoms with Gasteiger partial charge in [0.1, 0.15) is 0 Å². The quantitative estimate of drug-likeness (QED) is 0.795. The van der Waals surface area contributed by atoms with Crippen molar-refractivity contribution in [2.24, 2.45) is 0 Å². The maximum absolute atomic E-state index is 11.9. The SMILES string of the molecule is CN(C)S(=O)(=O)c1ccc2c[c]ccc2c1. The standard InChI is InChI=1S/C12H12NO2S/c1-13(2)16(14,15)12-8-7-10-5-3-4-6-11(10)9-12/h4-9H,1-2H3. The lowest BCUT2D eigenvalue weighted by atomic mass is 10.1. The molecule has 0 fully saturated rings. The van der Waals surface area contributed by atoms with Gasteiger partial charge in [0, 0.05) is 14.1 Å². The van der Waals surface area contributed by atoms with Crippen molar-refractivity contribution >= 4 is 20.8 Å². The van der Waals surface area contributed by atoms with Gasteiger partial charge in [-0.2, -0.15) is 0 Å². The van der Waals surface area contributed by atoms with Crippen LogP contribution in [0.3, 0.4) is 0 Å². The van der Waals surface area contributed by atoms with Gasteiger partial charge in [0.2, 0.25) is 10.0 Å². The Hall–Kier alpha value is -1.39. The summed E-state index contributed by atoms with van der Waals surface area (Å²) in [5.41, 5.74) is 0. The van der Waals surface area contributed by atoms with E-state index in [-0.39, 0.29) is 0 Å². The minimum Gasteiger partial charge on any atom is -0.207 e. The van der Waals surface area contributed by atoms with Crippen LogP contribution in [0.15, 0.2) is 41.3 Å². The zero-order chi connectivity index (χ0) is 11.8. The van der Waals surface area contributed by atoms with Gasteiger partial charge in [-0.15, -0.1) is 0 Å². The third-order valence-electron chi connectivity index (χ3n) is 2.43. The average molecular weight is 234 g/mol. The summed E-state index contributed by atoms with van der Waals surface area (Å²) in [5.74, 6) is 0. The Morgan fingerprint density at radius 1 is 1.12 bits per heavy atom. The third kappa shape index (κ3) is 1.81. The molecule has 0 aliphatic rings. The Kier molecular flexibility index (Phi) is 2.69. The van der Waals surface area contributed by atoms with Crippen LogP contribution in [0.4, 0.5) is 0 Å². The molecule has 2 aromatic rings. The van der Waals surface area contributed by atoms with Crippen LogP contribution in [0.1, 0.15) is 0 Å². The monoisotopic (exact) mass is 234 g/mol. The molecule has 2 rings (SSSR count). The zero-order valence-corrected chi connectivity index (χ0v) is 9.95. The van der Waals surface area contributed by atoms with Gasteiger partial charge in [-0.1, -0.05) is 18.2 Å². The van der Waals surface area contributed by atoms with Crippen molar-refractivity contribution in [3.8, 4) is 0 Å². The lowest BCUT2D eigenvalue weighted by Crippen LogP contribution is -2.22. The summed E-state index contributed by atoms with van der Waals surface area (Å²) >= 11 is 0. The van der Waals surface area contributed by atoms with E-state index >= 15 is 0 Å². The Labute approximate surface area is 95.4 Å². The van der Waals surface area contributed by atoms with E-state index in [2.05, 4.69) is 6.07 Å². The van der Waals surface area contributed by atoms with Crippen LogP contribution < -0.4 is 0 Å². The highest BCUT2D eigenvalue weighted by Gasteiger charge is 2.16. The number of benzene rings is 2. The smallest absolute Gasteiger partial charge is 0.207 e. The number of nitrogens with zero attached hydrogens (tertiary/aromatic N) is 1. The average Bonchev–Trinajstić information content (AvgIpc) is 2.28. The molecule has 0 aliphatic carbocycles. The Balaban J connectivity index is 2.65. The molecule has 0 atom stereocenters. The molecule has 1 radical (unpaired) electrons. The molecule has 0 saturated heterocycles. The number of hydrogen-bond donors (Lipinski definition) is 0. The molecule has 0 N–H and O–H groups in total. The topological polar surface area (TPSA) is 37.4 Å². The number of sulfonamides is 1. The summed E-state index contributed by atoms with van der Waals surface area (Å²) in [6.45, 7) is 0. The van der Waals surface area contributed by atoms with Crippen molar-refractivity contribution in [2.75, 3.05) is 14.1 Å². The van der Waals surface area contributed by atoms with Gasteiger partial charge in [-0.25, -0.2) is 12.7 Å². The Morgan fingerprint density at radius 3 is 2.56 bits per heavy atom. The molecular formula is C12H12NO2S. The molecule has 0 amide bonds. The first-order valence-electron chi connectivity index (χ1n) is 4.84. The first kappa shape index (κ1) is 11.1. The summed E-state index contributed by atoms with van der Waals surface area (Å²) in [6, 6.07) is 13.5. The van der Waals surface area contributed by atoms with Crippen molar-refractivity contribution in [3.05, 3.63) is 42.5 Å². The Morgan fingerprint density at radius 2 is 1.88 bits per heavy atom. The number of fused-ring (bicyclic) bond motifs is 1. The molecule has 0 bridgehead atoms. The van der Waals surface area contributed by atoms with Crippen molar-refractivity contribution in [2.45, 2.75) is 4.90 Å². The summed E-state index contributed by atoms with van der Waals surface area (Å²) in [7, 11) is -0.293. The highest BCUT2D eigenvalue weighted by Crippen LogP contribution is 2.20. The van der Waals surface area contributed by atoms with Crippen molar-refractivity contribution in [1.82, 2.24) is 4.31 Å². The molecule has 3 nitrogen and oxygen atoms in total. The molecular weight excluding hydrogens is 222 g/mol. The van der Waals surface area contributed by atoms with E-state index in [1.807, 2.05) is 12.1 Å². The molecule has 2 aromatic carbocycles. The fourth-order valence-corrected chi connectivity index (χ4v) is 2.41. The van der Waals surface area contributed by atoms with Crippen LogP contribution in [0, 0.1) is 6.07 Å². The molecule has 0 aliphatic heterocycles. The van der Waals surface area contributed by atoms with Gasteiger partial charge < -0.3 is 0 Å². The molecule has 0 spiro atoms. The van der Waals surface area contributed by atoms with Crippen molar-refractivity contribution < 1.29 is 8.42 Å². The number of hydrogen-bond acceptors (Lipinski definition) is 2. The summed E-state index contributed by atoms with van der Waals surface area (Å²) in [5, 5.41) is 1.89. The summed E-state index contributed by atoms with van der Waals surface area (Å²) < 4.78 is 25.0. The maximum Gasteiger partial charge on any atom is 0.242 e. The first-order valence-corrected chi connectivity index (χ1v) is 6.28. The minimum atomic E-state index is -3.35. The molecule has 4 heteroatoms. The molecule has 0 unspecified atom stereocenters. The van der Waals surface area contributed by atoms with Gasteiger partial charge in [0.15, 0.2) is 0 Å². The molecule has 0 heterocycles. The van der Waals surface area contributed by atoms with Gasteiger partial charge >= 0.3 is 0 Å². The molecule has 0 aromatic heterocycles. The molecule has 83 valence electrons. The Bertz CT molecular complexity index is 618. The number of rotatable bonds is 2. The normalized spacial score (nSPS) is 12.2. The molecule has 16 heavy (non-hydrogen) atoms. The van der Waals surface area contributed by atoms with Crippen LogP contribution >= 0.6 is 0 Å². The highest BCUT2D eigenvalue weighted by molar-refractivity contribution is 7.89. The second-order valence-electron chi connectivity index (χ2n) is 3.72. The van der Waals surface area contributed by atoms with Crippen LogP contribution in [-0.2, 0) is 10.0 Å². The second kappa shape index (κ2) is 3.88. The van der Waals surface area contributed by atoms with E-state index in [0.717, 1.165) is 10.8 Å². The van der Waals surface area contributed by atoms with E-state index in [9.17, 15) is 8.42 Å². The minimum absolute atomic E-state index is 0.316. The lowest BCUT2D eigenvalue weighted by molar-refractivity contribution is 0.521. The van der Waals surface area contributed by atoms with Gasteiger partial charge in [-0.3, -0.25) is 0 Å². The summed E-state index contributed by atoms with van der Waals surface area (Å²) in [4.78, 5) is 0.316. The van der Waals surface area contributed by atoms with E-state index in [1.54, 1.807) is 24.3 Å². The molecule has 0 saturated carbocycles. The van der Waals surface area contributed by atoms with Crippen LogP contribution in [0.5, 0.6) is 0 Å². The van der Waals surface area contributed by atoms with Crippen LogP contribution in [-0.4, -0.2) is 26.8 Å². The van der Waals surface area contributed by atoms with Crippen LogP contribution in [0.2, 0.25) is 0 Å². The van der Waals surface area contributed by atoms with Crippen molar-refractivity contribution in [1.29, 1.82) is 0 Å². The fourth-order valence-electron chi connectivity index (χ4n) is 1.48. The van der Waals surface area contributed by atoms with Crippen LogP contribution in [0.25, 0.3) is 10.8 Å². The van der Waals surface area contributed by atoms with E-state index < -0.39 is 10.0 Å². The maximum atomic E-state index is 11.9. The third-order valence-corrected chi connectivity index (χ3v) is 4.25. The summed E-state index contributed by atoms with van der Waals surface area (Å²) in [6.07, 6.45) is 0. The van der Waals surface area contributed by atoms with Gasteiger partial charge in [0.25, 0.3) is 0 Å². The van der Waals surface area contributed by atoms with E-state index in [1.165, 1.54) is 18.4 Å². The largest absolute Gasteiger partial charge is 0.242 e. The van der Waals surface area contributed by atoms with Crippen molar-refractivity contribution in [3.63, 3.8) is 0 Å². The van der Waals surface area contributed by atoms with E-state index in [0.29, 0.717) is 4.90 Å². The fraction of sp³-hybridized carbons (Fsp3) is 0.167.